The lowest BCUT2D eigenvalue weighted by Gasteiger charge is -2.19. The number of carbonyl (C=O) groups excluding carboxylic acids is 2. The summed E-state index contributed by atoms with van der Waals surface area (Å²) in [5.41, 5.74) is 1.05. The Morgan fingerprint density at radius 1 is 1.22 bits per heavy atom. The summed E-state index contributed by atoms with van der Waals surface area (Å²) >= 11 is 0. The fraction of sp³-hybridized carbons (Fsp3) is 0.571. The van der Waals surface area contributed by atoms with E-state index in [0.29, 0.717) is 17.7 Å². The van der Waals surface area contributed by atoms with Crippen LogP contribution in [0.1, 0.15) is 33.6 Å². The molecule has 0 aromatic heterocycles. The van der Waals surface area contributed by atoms with E-state index in [1.807, 2.05) is 6.92 Å². The number of nitrogens with one attached hydrogen (secondary N) is 1. The van der Waals surface area contributed by atoms with Gasteiger partial charge in [-0.05, 0) is 33.6 Å². The predicted octanol–water partition coefficient (Wildman–Crippen LogP) is 1.88. The summed E-state index contributed by atoms with van der Waals surface area (Å²) in [5, 5.41) is 2.85. The van der Waals surface area contributed by atoms with E-state index in [1.165, 1.54) is 0 Å². The Morgan fingerprint density at radius 2 is 1.78 bits per heavy atom. The summed E-state index contributed by atoms with van der Waals surface area (Å²) in [7, 11) is 1.76. The van der Waals surface area contributed by atoms with Crippen molar-refractivity contribution in [2.24, 2.45) is 0 Å². The highest BCUT2D eigenvalue weighted by Crippen LogP contribution is 2.02. The Kier molecular flexibility index (Phi) is 7.01. The van der Waals surface area contributed by atoms with Crippen LogP contribution in [0.15, 0.2) is 24.3 Å². The van der Waals surface area contributed by atoms with E-state index in [0.717, 1.165) is 12.8 Å². The highest BCUT2D eigenvalue weighted by atomic mass is 16.2. The van der Waals surface area contributed by atoms with Crippen LogP contribution in [-0.2, 0) is 9.59 Å². The molecule has 1 N–H and O–H groups in total. The van der Waals surface area contributed by atoms with Gasteiger partial charge >= 0.3 is 0 Å². The van der Waals surface area contributed by atoms with Crippen LogP contribution in [-0.4, -0.2) is 36.3 Å². The second-order valence-corrected chi connectivity index (χ2v) is 4.80. The minimum Gasteiger partial charge on any atom is -0.350 e. The van der Waals surface area contributed by atoms with Crippen molar-refractivity contribution >= 4 is 11.8 Å². The molecule has 0 aliphatic carbocycles. The number of likely N-dealkylation sites (N-methyl/N-ethyl adjacent to an activating group) is 1. The van der Waals surface area contributed by atoms with Crippen LogP contribution in [0.2, 0.25) is 0 Å². The van der Waals surface area contributed by atoms with Gasteiger partial charge in [0.15, 0.2) is 0 Å². The van der Waals surface area contributed by atoms with Crippen LogP contribution in [0.25, 0.3) is 0 Å². The van der Waals surface area contributed by atoms with Gasteiger partial charge in [0.05, 0.1) is 0 Å². The number of hydrogen-bond donors (Lipinski definition) is 1. The maximum atomic E-state index is 11.5. The van der Waals surface area contributed by atoms with E-state index in [2.05, 4.69) is 18.5 Å². The van der Waals surface area contributed by atoms with Crippen molar-refractivity contribution in [3.05, 3.63) is 24.3 Å². The Bertz CT molecular complexity index is 348. The number of amides is 2. The predicted molar refractivity (Wildman–Crippen MR) is 74.1 cm³/mol. The molecular formula is C14H24N2O2. The van der Waals surface area contributed by atoms with E-state index in [9.17, 15) is 9.59 Å². The van der Waals surface area contributed by atoms with Gasteiger partial charge in [-0.25, -0.2) is 0 Å². The molecule has 0 aromatic carbocycles. The molecule has 0 aromatic rings. The molecule has 0 radical (unpaired) electrons. The third-order valence-corrected chi connectivity index (χ3v) is 2.61. The van der Waals surface area contributed by atoms with Crippen molar-refractivity contribution in [2.75, 3.05) is 13.6 Å². The van der Waals surface area contributed by atoms with E-state index >= 15 is 0 Å². The maximum Gasteiger partial charge on any atom is 0.248 e. The number of rotatable bonds is 7. The lowest BCUT2D eigenvalue weighted by molar-refractivity contribution is -0.126. The van der Waals surface area contributed by atoms with Crippen molar-refractivity contribution in [1.29, 1.82) is 0 Å². The normalized spacial score (nSPS) is 11.6. The van der Waals surface area contributed by atoms with Gasteiger partial charge in [0.2, 0.25) is 11.8 Å². The van der Waals surface area contributed by atoms with Crippen LogP contribution < -0.4 is 5.32 Å². The zero-order valence-corrected chi connectivity index (χ0v) is 11.9. The highest BCUT2D eigenvalue weighted by Gasteiger charge is 2.11. The van der Waals surface area contributed by atoms with E-state index < -0.39 is 0 Å². The second kappa shape index (κ2) is 7.69. The van der Waals surface area contributed by atoms with Gasteiger partial charge in [-0.15, -0.1) is 0 Å². The van der Waals surface area contributed by atoms with E-state index in [4.69, 9.17) is 0 Å². The first-order chi connectivity index (χ1) is 8.25. The molecule has 0 heterocycles. The Morgan fingerprint density at radius 3 is 2.22 bits per heavy atom. The first-order valence-electron chi connectivity index (χ1n) is 6.13. The smallest absolute Gasteiger partial charge is 0.248 e. The third kappa shape index (κ3) is 6.23. The first-order valence-corrected chi connectivity index (χ1v) is 6.13. The Balaban J connectivity index is 3.91. The van der Waals surface area contributed by atoms with Crippen LogP contribution >= 0.6 is 0 Å². The third-order valence-electron chi connectivity index (χ3n) is 2.61. The van der Waals surface area contributed by atoms with Crippen LogP contribution in [0.4, 0.5) is 0 Å². The average molecular weight is 252 g/mol. The Labute approximate surface area is 110 Å². The van der Waals surface area contributed by atoms with Gasteiger partial charge < -0.3 is 10.2 Å². The molecule has 0 spiro atoms. The van der Waals surface area contributed by atoms with Crippen LogP contribution in [0.5, 0.6) is 0 Å². The molecule has 4 nitrogen and oxygen atoms in total. The monoisotopic (exact) mass is 252 g/mol. The van der Waals surface area contributed by atoms with Gasteiger partial charge in [0.25, 0.3) is 0 Å². The summed E-state index contributed by atoms with van der Waals surface area (Å²) in [5.74, 6) is -0.150. The number of hydrogen-bond acceptors (Lipinski definition) is 2. The molecular weight excluding hydrogens is 228 g/mol. The second-order valence-electron chi connectivity index (χ2n) is 4.80. The standard InChI is InChI=1S/C14H24N2O2/c1-10(2)13(17)15-12(5)8-7-9-16(6)14(18)11(3)4/h12H,1,3,7-9H2,2,4-6H3,(H,15,17). The lowest BCUT2D eigenvalue weighted by Crippen LogP contribution is -2.34. The minimum absolute atomic E-state index is 0.0337. The summed E-state index contributed by atoms with van der Waals surface area (Å²) in [6.45, 7) is 13.2. The van der Waals surface area contributed by atoms with E-state index in [1.54, 1.807) is 25.8 Å². The lowest BCUT2D eigenvalue weighted by atomic mass is 10.1. The molecule has 0 aliphatic heterocycles. The van der Waals surface area contributed by atoms with Gasteiger partial charge in [0, 0.05) is 30.8 Å². The summed E-state index contributed by atoms with van der Waals surface area (Å²) in [4.78, 5) is 24.5. The van der Waals surface area contributed by atoms with Crippen molar-refractivity contribution in [3.63, 3.8) is 0 Å². The van der Waals surface area contributed by atoms with Crippen molar-refractivity contribution in [2.45, 2.75) is 39.7 Å². The largest absolute Gasteiger partial charge is 0.350 e. The number of carbonyl (C=O) groups is 2. The van der Waals surface area contributed by atoms with Crippen molar-refractivity contribution in [3.8, 4) is 0 Å². The van der Waals surface area contributed by atoms with Gasteiger partial charge in [0.1, 0.15) is 0 Å². The number of nitrogens with zero attached hydrogens (tertiary/aromatic N) is 1. The molecule has 102 valence electrons. The minimum atomic E-state index is -0.117. The average Bonchev–Trinajstić information content (AvgIpc) is 2.27. The first kappa shape index (κ1) is 16.4. The fourth-order valence-electron chi connectivity index (χ4n) is 1.48. The van der Waals surface area contributed by atoms with Crippen LogP contribution in [0, 0.1) is 0 Å². The molecule has 0 saturated carbocycles. The SMILES string of the molecule is C=C(C)C(=O)NC(C)CCCN(C)C(=O)C(=C)C. The molecule has 18 heavy (non-hydrogen) atoms. The maximum absolute atomic E-state index is 11.5. The molecule has 0 bridgehead atoms. The fourth-order valence-corrected chi connectivity index (χ4v) is 1.48. The quantitative estimate of drug-likeness (QED) is 0.703. The summed E-state index contributed by atoms with van der Waals surface area (Å²) < 4.78 is 0. The van der Waals surface area contributed by atoms with E-state index in [-0.39, 0.29) is 17.9 Å². The molecule has 0 fully saturated rings. The van der Waals surface area contributed by atoms with Gasteiger partial charge in [-0.2, -0.15) is 0 Å². The summed E-state index contributed by atoms with van der Waals surface area (Å²) in [6.07, 6.45) is 1.67. The van der Waals surface area contributed by atoms with Crippen molar-refractivity contribution in [1.82, 2.24) is 10.2 Å². The molecule has 2 amide bonds. The highest BCUT2D eigenvalue weighted by molar-refractivity contribution is 5.92. The molecule has 0 rings (SSSR count). The molecule has 4 heteroatoms. The molecule has 1 unspecified atom stereocenters. The van der Waals surface area contributed by atoms with Gasteiger partial charge in [-0.1, -0.05) is 13.2 Å². The zero-order chi connectivity index (χ0) is 14.3. The molecule has 0 aliphatic rings. The van der Waals surface area contributed by atoms with Crippen LogP contribution in [0.3, 0.4) is 0 Å². The van der Waals surface area contributed by atoms with Crippen molar-refractivity contribution < 1.29 is 9.59 Å². The zero-order valence-electron chi connectivity index (χ0n) is 11.9. The molecule has 1 atom stereocenters. The Hall–Kier alpha value is -1.58. The molecule has 0 saturated heterocycles. The summed E-state index contributed by atoms with van der Waals surface area (Å²) in [6, 6.07) is 0.0857. The topological polar surface area (TPSA) is 49.4 Å². The van der Waals surface area contributed by atoms with Gasteiger partial charge in [-0.3, -0.25) is 9.59 Å².